The largest absolute Gasteiger partial charge is 0.459 e. The number of aliphatic hydroxyl groups is 8. The van der Waals surface area contributed by atoms with Crippen LogP contribution in [-0.4, -0.2) is 216 Å². The highest BCUT2D eigenvalue weighted by Gasteiger charge is 2.42. The van der Waals surface area contributed by atoms with Crippen molar-refractivity contribution in [3.05, 3.63) is 59.8 Å². The van der Waals surface area contributed by atoms with Gasteiger partial charge in [0.1, 0.15) is 12.2 Å². The van der Waals surface area contributed by atoms with Gasteiger partial charge in [0.2, 0.25) is 0 Å². The number of methoxy groups -OCH3 is 4. The summed E-state index contributed by atoms with van der Waals surface area (Å²) in [6.45, 7) is 22.6. The lowest BCUT2D eigenvalue weighted by atomic mass is 9.78. The average Bonchev–Trinajstić information content (AvgIpc) is 0.850. The van der Waals surface area contributed by atoms with Crippen molar-refractivity contribution in [2.75, 3.05) is 28.4 Å². The summed E-state index contributed by atoms with van der Waals surface area (Å²) >= 11 is 0. The van der Waals surface area contributed by atoms with E-state index < -0.39 is 127 Å². The Morgan fingerprint density at radius 2 is 0.959 bits per heavy atom. The predicted octanol–water partition coefficient (Wildman–Crippen LogP) is 10.3. The molecule has 4 bridgehead atoms. The summed E-state index contributed by atoms with van der Waals surface area (Å²) in [5.74, 6) is -5.34. The first-order chi connectivity index (χ1) is 46.4. The molecule has 0 spiro atoms. The number of carbonyl (C=O) groups is 2. The molecule has 3 fully saturated rings. The molecular weight excluding hydrogens is 1260 g/mol. The van der Waals surface area contributed by atoms with Gasteiger partial charge in [0.05, 0.1) is 122 Å². The van der Waals surface area contributed by atoms with Gasteiger partial charge < -0.3 is 88.2 Å². The molecule has 0 radical (unpaired) electrons. The van der Waals surface area contributed by atoms with Gasteiger partial charge in [0.15, 0.2) is 0 Å². The first-order valence-electron chi connectivity index (χ1n) is 37.4. The summed E-state index contributed by atoms with van der Waals surface area (Å²) in [4.78, 5) is 27.8. The number of allylic oxidation sites excluding steroid dienone is 4. The molecule has 20 nitrogen and oxygen atoms in total. The summed E-state index contributed by atoms with van der Waals surface area (Å²) in [7, 11) is 6.61. The molecule has 30 atom stereocenters. The van der Waals surface area contributed by atoms with Gasteiger partial charge in [-0.25, -0.2) is 9.59 Å². The third-order valence-corrected chi connectivity index (χ3v) is 22.6. The van der Waals surface area contributed by atoms with E-state index in [4.69, 9.17) is 47.4 Å². The molecule has 3 saturated heterocycles. The van der Waals surface area contributed by atoms with E-state index in [9.17, 15) is 50.4 Å². The Morgan fingerprint density at radius 1 is 0.490 bits per heavy atom. The van der Waals surface area contributed by atoms with Crippen LogP contribution >= 0.6 is 0 Å². The monoisotopic (exact) mass is 1390 g/mol. The van der Waals surface area contributed by atoms with E-state index >= 15 is 0 Å². The van der Waals surface area contributed by atoms with E-state index in [0.29, 0.717) is 69.8 Å². The Morgan fingerprint density at radius 3 is 1.48 bits per heavy atom. The molecule has 0 aromatic carbocycles. The molecule has 5 rings (SSSR count). The van der Waals surface area contributed by atoms with Gasteiger partial charge in [-0.3, -0.25) is 0 Å². The van der Waals surface area contributed by atoms with Gasteiger partial charge in [0.25, 0.3) is 0 Å². The van der Waals surface area contributed by atoms with Crippen LogP contribution in [0.1, 0.15) is 212 Å². The molecule has 0 aliphatic carbocycles. The minimum absolute atomic E-state index is 0.0279. The van der Waals surface area contributed by atoms with Crippen LogP contribution in [-0.2, 0) is 57.0 Å². The summed E-state index contributed by atoms with van der Waals surface area (Å²) in [6.07, 6.45) is 12.8. The maximum absolute atomic E-state index is 13.9. The molecule has 5 aliphatic rings. The highest BCUT2D eigenvalue weighted by molar-refractivity contribution is 5.83. The minimum Gasteiger partial charge on any atom is -0.459 e. The van der Waals surface area contributed by atoms with Crippen molar-refractivity contribution in [2.45, 2.75) is 346 Å². The smallest absolute Gasteiger partial charge is 0.331 e. The van der Waals surface area contributed by atoms with E-state index in [-0.39, 0.29) is 86.0 Å². The summed E-state index contributed by atoms with van der Waals surface area (Å²) in [5.41, 5.74) is 1.43. The van der Waals surface area contributed by atoms with Crippen molar-refractivity contribution >= 4 is 11.9 Å². The quantitative estimate of drug-likeness (QED) is 0.0592. The second-order valence-corrected chi connectivity index (χ2v) is 30.7. The van der Waals surface area contributed by atoms with Crippen LogP contribution in [0.5, 0.6) is 0 Å². The Bertz CT molecular complexity index is 2440. The number of hydrogen-bond acceptors (Lipinski definition) is 20. The highest BCUT2D eigenvalue weighted by Crippen LogP contribution is 2.37. The van der Waals surface area contributed by atoms with Crippen LogP contribution in [0.4, 0.5) is 0 Å². The zero-order chi connectivity index (χ0) is 72.5. The van der Waals surface area contributed by atoms with Gasteiger partial charge in [-0.15, -0.1) is 0 Å². The molecule has 0 aromatic rings. The van der Waals surface area contributed by atoms with Crippen molar-refractivity contribution in [1.29, 1.82) is 0 Å². The van der Waals surface area contributed by atoms with Crippen molar-refractivity contribution in [2.24, 2.45) is 47.3 Å². The minimum atomic E-state index is -1.16. The Balaban J connectivity index is 1.36. The highest BCUT2D eigenvalue weighted by atomic mass is 16.6. The molecule has 98 heavy (non-hydrogen) atoms. The normalized spacial score (nSPS) is 42.3. The second kappa shape index (κ2) is 43.3. The molecule has 566 valence electrons. The molecule has 0 saturated carbocycles. The maximum atomic E-state index is 13.9. The van der Waals surface area contributed by atoms with E-state index in [1.165, 1.54) is 12.2 Å². The molecule has 5 heterocycles. The van der Waals surface area contributed by atoms with E-state index in [1.807, 2.05) is 93.5 Å². The molecule has 0 amide bonds. The van der Waals surface area contributed by atoms with E-state index in [0.717, 1.165) is 50.5 Å². The first kappa shape index (κ1) is 85.6. The third kappa shape index (κ3) is 28.2. The lowest BCUT2D eigenvalue weighted by Gasteiger charge is -2.38. The Labute approximate surface area is 588 Å². The van der Waals surface area contributed by atoms with Crippen LogP contribution in [0.25, 0.3) is 0 Å². The fraction of sp³-hybridized carbons (Fsp3) is 0.846. The van der Waals surface area contributed by atoms with Crippen LogP contribution in [0, 0.1) is 47.3 Å². The van der Waals surface area contributed by atoms with Gasteiger partial charge in [-0.1, -0.05) is 103 Å². The van der Waals surface area contributed by atoms with Crippen molar-refractivity contribution in [1.82, 2.24) is 0 Å². The zero-order valence-electron chi connectivity index (χ0n) is 62.6. The predicted molar refractivity (Wildman–Crippen MR) is 378 cm³/mol. The lowest BCUT2D eigenvalue weighted by molar-refractivity contribution is -0.158. The van der Waals surface area contributed by atoms with Gasteiger partial charge >= 0.3 is 11.9 Å². The topological polar surface area (TPSA) is 288 Å². The Kier molecular flexibility index (Phi) is 37.9. The lowest BCUT2D eigenvalue weighted by Crippen LogP contribution is -2.45. The molecule has 20 heteroatoms. The van der Waals surface area contributed by atoms with Crippen molar-refractivity contribution < 1.29 is 97.8 Å². The third-order valence-electron chi connectivity index (χ3n) is 22.6. The number of fused-ring (bicyclic) bond motifs is 4. The van der Waals surface area contributed by atoms with Gasteiger partial charge in [0, 0.05) is 95.4 Å². The van der Waals surface area contributed by atoms with Crippen LogP contribution in [0.2, 0.25) is 0 Å². The Hall–Kier alpha value is -3.00. The first-order valence-corrected chi connectivity index (χ1v) is 37.4. The second-order valence-electron chi connectivity index (χ2n) is 30.7. The van der Waals surface area contributed by atoms with Gasteiger partial charge in [-0.2, -0.15) is 0 Å². The molecule has 0 unspecified atom stereocenters. The van der Waals surface area contributed by atoms with Crippen molar-refractivity contribution in [3.8, 4) is 0 Å². The number of carbonyl (C=O) groups excluding carboxylic acids is 2. The summed E-state index contributed by atoms with van der Waals surface area (Å²) in [6, 6.07) is 0. The number of hydrogen-bond donors (Lipinski definition) is 8. The molecule has 8 N–H and O–H groups in total. The summed E-state index contributed by atoms with van der Waals surface area (Å²) in [5, 5.41) is 94.2. The number of ether oxygens (including phenoxy) is 10. The fourth-order valence-corrected chi connectivity index (χ4v) is 15.7. The molecular formula is C78H134O20. The fourth-order valence-electron chi connectivity index (χ4n) is 15.7. The van der Waals surface area contributed by atoms with E-state index in [1.54, 1.807) is 54.4 Å². The molecule has 0 aromatic heterocycles. The number of cyclic esters (lactones) is 2. The van der Waals surface area contributed by atoms with Crippen LogP contribution < -0.4 is 0 Å². The average molecular weight is 1390 g/mol. The van der Waals surface area contributed by atoms with Crippen LogP contribution in [0.3, 0.4) is 0 Å². The SMILES string of the molecule is CO[C@H]1C[C@H](CC[C@H](C)[C@H](O)[C@H](C)[C@H]2OC(=O)/C=C\C(C)=C\C[C@H](O)C[C@@H]3CCC[C@H](C[C@H](OC)[C@@H](C)[C@@H](O)C[C@@H](O)[C@H](C)[C@H](O)[C@@H](C)[C@H]([C@@H](C)CC[C@H]4C[C@H](OC)C[C@H](C)O4)OC(=O)/C=C\C(C)=C\C[C@H](O)C[C@@H]4C=CC[C@H](C[C@H](OC)[C@@H](C)[C@@H](O)C[C@@H](O)[C@@H]2C)O4)O3)O[C@@H](C)C1. The molecule has 5 aliphatic heterocycles. The van der Waals surface area contributed by atoms with Crippen molar-refractivity contribution in [3.63, 3.8) is 0 Å². The van der Waals surface area contributed by atoms with Crippen LogP contribution in [0.15, 0.2) is 59.8 Å². The van der Waals surface area contributed by atoms with E-state index in [2.05, 4.69) is 0 Å². The number of esters is 2. The summed E-state index contributed by atoms with van der Waals surface area (Å²) < 4.78 is 61.6. The van der Waals surface area contributed by atoms with Gasteiger partial charge in [-0.05, 0) is 149 Å². The number of aliphatic hydroxyl groups excluding tert-OH is 8. The zero-order valence-corrected chi connectivity index (χ0v) is 62.6. The maximum Gasteiger partial charge on any atom is 0.331 e. The standard InChI is InChI=1S/C78H134O20/c1-45-23-29-57(79)37-60-20-18-22-62(96-60)42-72(92-16)52(8)68(82)44-70(84)54(10)78(55(11)75(87)47(3)27-31-63-39-65(89-13)35-49(5)93-63)98-74(86)34-26-46(2)24-30-58(80)38-59-19-17-21-61(95-59)41-71(91-15)51(7)67(81)43-69(83)53(9)76(88)56(12)77(97-73(85)33-25-45)48(4)28-32-64-40-66(90-14)36-50(6)94-64/h18,20,23-26,33-34,47-72,75-84,87-88H,17,19,21-22,27-32,35-44H2,1-16H3/b33-25-,34-26-,45-23+,46-24+/t47-,48-,49-,50-,51-,52-,53-,54-,55-,56+,57-,58-,59-,60-,61+,62+,63-,64-,65+,66+,67-,68-,69+,70+,71-,72-,75-,76-,77-,78-/m0/s1. The number of rotatable bonds is 14.